The number of ether oxygens (including phenoxy) is 1. The standard InChI is InChI=1S/C11H14O2.B/c1-9(12)11(13-2)8-10-6-4-3-5-7-10;/h3-7,11H,8H2,1-2H3;. The molecule has 3 radical (unpaired) electrons. The van der Waals surface area contributed by atoms with Crippen molar-refractivity contribution < 1.29 is 9.53 Å². The molecule has 0 aliphatic carbocycles. The van der Waals surface area contributed by atoms with Gasteiger partial charge in [-0.25, -0.2) is 0 Å². The van der Waals surface area contributed by atoms with E-state index in [2.05, 4.69) is 0 Å². The van der Waals surface area contributed by atoms with Crippen LogP contribution < -0.4 is 0 Å². The molecule has 1 rings (SSSR count). The number of carbonyl (C=O) groups is 1. The van der Waals surface area contributed by atoms with Gasteiger partial charge in [-0.2, -0.15) is 0 Å². The van der Waals surface area contributed by atoms with Gasteiger partial charge < -0.3 is 4.74 Å². The Labute approximate surface area is 86.9 Å². The number of methoxy groups -OCH3 is 1. The van der Waals surface area contributed by atoms with E-state index in [4.69, 9.17) is 4.74 Å². The second kappa shape index (κ2) is 6.38. The van der Waals surface area contributed by atoms with E-state index in [1.165, 1.54) is 0 Å². The average Bonchev–Trinajstić information content (AvgIpc) is 2.15. The second-order valence-corrected chi connectivity index (χ2v) is 3.02. The van der Waals surface area contributed by atoms with E-state index < -0.39 is 0 Å². The second-order valence-electron chi connectivity index (χ2n) is 3.02. The van der Waals surface area contributed by atoms with Gasteiger partial charge in [0.1, 0.15) is 6.10 Å². The number of ketones is 1. The zero-order valence-corrected chi connectivity index (χ0v) is 8.57. The lowest BCUT2D eigenvalue weighted by atomic mass is 10.1. The summed E-state index contributed by atoms with van der Waals surface area (Å²) in [4.78, 5) is 11.1. The van der Waals surface area contributed by atoms with Crippen LogP contribution in [0.4, 0.5) is 0 Å². The summed E-state index contributed by atoms with van der Waals surface area (Å²) in [5, 5.41) is 0. The first-order valence-corrected chi connectivity index (χ1v) is 4.31. The summed E-state index contributed by atoms with van der Waals surface area (Å²) in [6.45, 7) is 1.55. The van der Waals surface area contributed by atoms with Gasteiger partial charge in [-0.15, -0.1) is 0 Å². The molecule has 1 aromatic carbocycles. The highest BCUT2D eigenvalue weighted by Crippen LogP contribution is 2.05. The van der Waals surface area contributed by atoms with Crippen LogP contribution >= 0.6 is 0 Å². The monoisotopic (exact) mass is 189 g/mol. The molecule has 1 aromatic rings. The van der Waals surface area contributed by atoms with Crippen molar-refractivity contribution in [2.45, 2.75) is 19.4 Å². The molecule has 0 N–H and O–H groups in total. The molecule has 3 heteroatoms. The maximum atomic E-state index is 11.1. The van der Waals surface area contributed by atoms with E-state index in [9.17, 15) is 4.79 Å². The largest absolute Gasteiger partial charge is 0.373 e. The van der Waals surface area contributed by atoms with E-state index in [1.54, 1.807) is 14.0 Å². The van der Waals surface area contributed by atoms with E-state index in [0.717, 1.165) is 5.56 Å². The molecule has 0 aromatic heterocycles. The van der Waals surface area contributed by atoms with Crippen LogP contribution in [-0.2, 0) is 16.0 Å². The summed E-state index contributed by atoms with van der Waals surface area (Å²) in [7, 11) is 1.56. The Hall–Kier alpha value is -1.09. The molecular weight excluding hydrogens is 175 g/mol. The lowest BCUT2D eigenvalue weighted by molar-refractivity contribution is -0.126. The first-order chi connectivity index (χ1) is 6.24. The van der Waals surface area contributed by atoms with Crippen LogP contribution in [0.5, 0.6) is 0 Å². The SMILES string of the molecule is COC(Cc1ccccc1)C(C)=O.[B]. The molecule has 1 atom stereocenters. The van der Waals surface area contributed by atoms with Gasteiger partial charge in [-0.3, -0.25) is 4.79 Å². The lowest BCUT2D eigenvalue weighted by Crippen LogP contribution is -2.22. The minimum absolute atomic E-state index is 0. The van der Waals surface area contributed by atoms with Gasteiger partial charge in [0.25, 0.3) is 0 Å². The van der Waals surface area contributed by atoms with Crippen molar-refractivity contribution in [2.75, 3.05) is 7.11 Å². The van der Waals surface area contributed by atoms with Crippen LogP contribution in [0.1, 0.15) is 12.5 Å². The smallest absolute Gasteiger partial charge is 0.158 e. The van der Waals surface area contributed by atoms with Gasteiger partial charge >= 0.3 is 0 Å². The molecule has 0 amide bonds. The Balaban J connectivity index is 0.00000169. The number of Topliss-reactive ketones (excluding diaryl/α,β-unsaturated/α-hetero) is 1. The van der Waals surface area contributed by atoms with Gasteiger partial charge in [0.05, 0.1) is 0 Å². The van der Waals surface area contributed by atoms with Crippen molar-refractivity contribution in [1.82, 2.24) is 0 Å². The van der Waals surface area contributed by atoms with Crippen LogP contribution in [-0.4, -0.2) is 27.4 Å². The molecule has 14 heavy (non-hydrogen) atoms. The summed E-state index contributed by atoms with van der Waals surface area (Å²) in [5.41, 5.74) is 1.13. The minimum atomic E-state index is -0.303. The Morgan fingerprint density at radius 1 is 1.36 bits per heavy atom. The fourth-order valence-electron chi connectivity index (χ4n) is 1.22. The predicted octanol–water partition coefficient (Wildman–Crippen LogP) is 1.45. The fraction of sp³-hybridized carbons (Fsp3) is 0.364. The van der Waals surface area contributed by atoms with Gasteiger partial charge in [0.2, 0.25) is 0 Å². The van der Waals surface area contributed by atoms with Gasteiger partial charge in [-0.1, -0.05) is 30.3 Å². The first-order valence-electron chi connectivity index (χ1n) is 4.31. The molecular formula is C11H14BO2. The number of hydrogen-bond donors (Lipinski definition) is 0. The number of hydrogen-bond acceptors (Lipinski definition) is 2. The Kier molecular flexibility index (Phi) is 5.89. The molecule has 0 saturated carbocycles. The van der Waals surface area contributed by atoms with Crippen LogP contribution in [0.2, 0.25) is 0 Å². The van der Waals surface area contributed by atoms with Crippen molar-refractivity contribution >= 4 is 14.2 Å². The van der Waals surface area contributed by atoms with Crippen molar-refractivity contribution in [3.8, 4) is 0 Å². The van der Waals surface area contributed by atoms with Crippen molar-refractivity contribution in [3.63, 3.8) is 0 Å². The van der Waals surface area contributed by atoms with Crippen molar-refractivity contribution in [2.24, 2.45) is 0 Å². The third kappa shape index (κ3) is 3.75. The number of benzene rings is 1. The van der Waals surface area contributed by atoms with Crippen molar-refractivity contribution in [1.29, 1.82) is 0 Å². The molecule has 0 bridgehead atoms. The molecule has 0 saturated heterocycles. The normalized spacial score (nSPS) is 11.6. The number of carbonyl (C=O) groups excluding carboxylic acids is 1. The maximum Gasteiger partial charge on any atom is 0.158 e. The van der Waals surface area contributed by atoms with Crippen LogP contribution in [0.3, 0.4) is 0 Å². The van der Waals surface area contributed by atoms with E-state index in [1.807, 2.05) is 30.3 Å². The quantitative estimate of drug-likeness (QED) is 0.670. The fourth-order valence-corrected chi connectivity index (χ4v) is 1.22. The van der Waals surface area contributed by atoms with Gasteiger partial charge in [0.15, 0.2) is 5.78 Å². The van der Waals surface area contributed by atoms with Crippen LogP contribution in [0.25, 0.3) is 0 Å². The topological polar surface area (TPSA) is 26.3 Å². The predicted molar refractivity (Wildman–Crippen MR) is 57.4 cm³/mol. The first kappa shape index (κ1) is 12.9. The maximum absolute atomic E-state index is 11.1. The molecule has 1 unspecified atom stereocenters. The molecule has 0 aliphatic rings. The Bertz CT molecular complexity index is 272. The molecule has 2 nitrogen and oxygen atoms in total. The zero-order chi connectivity index (χ0) is 9.68. The summed E-state index contributed by atoms with van der Waals surface area (Å²) >= 11 is 0. The highest BCUT2D eigenvalue weighted by Gasteiger charge is 2.12. The average molecular weight is 189 g/mol. The molecule has 0 aliphatic heterocycles. The zero-order valence-electron chi connectivity index (χ0n) is 8.57. The summed E-state index contributed by atoms with van der Waals surface area (Å²) in [6, 6.07) is 9.87. The van der Waals surface area contributed by atoms with Gasteiger partial charge in [0, 0.05) is 21.9 Å². The summed E-state index contributed by atoms with van der Waals surface area (Å²) in [5.74, 6) is 0.0753. The number of rotatable bonds is 4. The summed E-state index contributed by atoms with van der Waals surface area (Å²) < 4.78 is 5.07. The van der Waals surface area contributed by atoms with Crippen LogP contribution in [0.15, 0.2) is 30.3 Å². The molecule has 0 heterocycles. The highest BCUT2D eigenvalue weighted by atomic mass is 16.5. The Morgan fingerprint density at radius 3 is 2.36 bits per heavy atom. The third-order valence-electron chi connectivity index (χ3n) is 2.00. The third-order valence-corrected chi connectivity index (χ3v) is 2.00. The summed E-state index contributed by atoms with van der Waals surface area (Å²) in [6.07, 6.45) is 0.356. The lowest BCUT2D eigenvalue weighted by Gasteiger charge is -2.11. The van der Waals surface area contributed by atoms with Gasteiger partial charge in [-0.05, 0) is 12.5 Å². The van der Waals surface area contributed by atoms with Crippen molar-refractivity contribution in [3.05, 3.63) is 35.9 Å². The molecule has 73 valence electrons. The molecule has 0 spiro atoms. The highest BCUT2D eigenvalue weighted by molar-refractivity contribution is 5.80. The van der Waals surface area contributed by atoms with E-state index in [-0.39, 0.29) is 20.3 Å². The minimum Gasteiger partial charge on any atom is -0.373 e. The van der Waals surface area contributed by atoms with E-state index >= 15 is 0 Å². The van der Waals surface area contributed by atoms with Crippen LogP contribution in [0, 0.1) is 0 Å². The Morgan fingerprint density at radius 2 is 1.93 bits per heavy atom. The van der Waals surface area contributed by atoms with E-state index in [0.29, 0.717) is 6.42 Å². The molecule has 0 fully saturated rings.